The van der Waals surface area contributed by atoms with Crippen LogP contribution in [-0.4, -0.2) is 16.2 Å². The lowest BCUT2D eigenvalue weighted by atomic mass is 10.0. The van der Waals surface area contributed by atoms with E-state index in [2.05, 4.69) is 55.4 Å². The Kier molecular flexibility index (Phi) is 5.66. The summed E-state index contributed by atoms with van der Waals surface area (Å²) in [6.45, 7) is 4.05. The van der Waals surface area contributed by atoms with E-state index in [-0.39, 0.29) is 18.2 Å². The van der Waals surface area contributed by atoms with E-state index in [1.54, 1.807) is 11.3 Å². The summed E-state index contributed by atoms with van der Waals surface area (Å²) in [5.74, 6) is 0.855. The predicted molar refractivity (Wildman–Crippen MR) is 122 cm³/mol. The number of thiocarbonyl (C=S) groups is 1. The number of nitrogens with one attached hydrogen (secondary N) is 1. The maximum atomic E-state index is 5.78. The quantitative estimate of drug-likeness (QED) is 0.468. The molecule has 0 aliphatic carbocycles. The molecule has 1 aromatic carbocycles. The summed E-state index contributed by atoms with van der Waals surface area (Å²) in [5.41, 5.74) is 2.00. The van der Waals surface area contributed by atoms with E-state index in [1.165, 1.54) is 4.88 Å². The van der Waals surface area contributed by atoms with Crippen LogP contribution < -0.4 is 15.0 Å². The van der Waals surface area contributed by atoms with E-state index in [9.17, 15) is 0 Å². The van der Waals surface area contributed by atoms with Gasteiger partial charge >= 0.3 is 0 Å². The first-order valence-electron chi connectivity index (χ1n) is 9.05. The third kappa shape index (κ3) is 3.92. The lowest BCUT2D eigenvalue weighted by molar-refractivity contribution is 0.242. The van der Waals surface area contributed by atoms with Crippen LogP contribution in [0.4, 0.5) is 5.69 Å². The molecule has 0 spiro atoms. The van der Waals surface area contributed by atoms with E-state index in [1.807, 2.05) is 50.4 Å². The molecule has 0 radical (unpaired) electrons. The molecule has 7 heteroatoms. The zero-order valence-corrected chi connectivity index (χ0v) is 18.7. The van der Waals surface area contributed by atoms with Crippen LogP contribution >= 0.6 is 39.5 Å². The highest BCUT2D eigenvalue weighted by Crippen LogP contribution is 2.44. The highest BCUT2D eigenvalue weighted by Gasteiger charge is 2.41. The number of anilines is 1. The number of halogens is 1. The van der Waals surface area contributed by atoms with Gasteiger partial charge in [0.25, 0.3) is 0 Å². The number of hydrogen-bond donors (Lipinski definition) is 1. The minimum Gasteiger partial charge on any atom is -0.491 e. The van der Waals surface area contributed by atoms with Gasteiger partial charge in [-0.2, -0.15) is 0 Å². The van der Waals surface area contributed by atoms with E-state index in [4.69, 9.17) is 17.0 Å². The van der Waals surface area contributed by atoms with Gasteiger partial charge in [0, 0.05) is 16.8 Å². The number of rotatable bonds is 5. The van der Waals surface area contributed by atoms with Crippen molar-refractivity contribution in [2.75, 3.05) is 4.90 Å². The van der Waals surface area contributed by atoms with Gasteiger partial charge in [-0.1, -0.05) is 6.07 Å². The summed E-state index contributed by atoms with van der Waals surface area (Å²) in [7, 11) is 0. The van der Waals surface area contributed by atoms with Crippen molar-refractivity contribution in [3.8, 4) is 5.75 Å². The zero-order chi connectivity index (χ0) is 19.7. The Morgan fingerprint density at radius 3 is 2.54 bits per heavy atom. The van der Waals surface area contributed by atoms with Gasteiger partial charge < -0.3 is 15.0 Å². The minimum atomic E-state index is -0.0224. The average molecular weight is 474 g/mol. The highest BCUT2D eigenvalue weighted by atomic mass is 79.9. The summed E-state index contributed by atoms with van der Waals surface area (Å²) >= 11 is 11.0. The Hall–Kier alpha value is -1.96. The molecule has 144 valence electrons. The van der Waals surface area contributed by atoms with Crippen LogP contribution in [0.15, 0.2) is 64.6 Å². The maximum absolute atomic E-state index is 5.78. The second kappa shape index (κ2) is 8.19. The van der Waals surface area contributed by atoms with Gasteiger partial charge in [0.15, 0.2) is 5.11 Å². The fourth-order valence-corrected chi connectivity index (χ4v) is 5.27. The third-order valence-electron chi connectivity index (χ3n) is 4.47. The van der Waals surface area contributed by atoms with E-state index < -0.39 is 0 Å². The Labute approximate surface area is 182 Å². The van der Waals surface area contributed by atoms with Crippen LogP contribution in [-0.2, 0) is 0 Å². The molecule has 3 heterocycles. The van der Waals surface area contributed by atoms with Gasteiger partial charge in [0.2, 0.25) is 0 Å². The van der Waals surface area contributed by atoms with Crippen molar-refractivity contribution in [3.05, 3.63) is 75.2 Å². The van der Waals surface area contributed by atoms with Crippen LogP contribution in [0.3, 0.4) is 0 Å². The average Bonchev–Trinajstić information content (AvgIpc) is 3.26. The summed E-state index contributed by atoms with van der Waals surface area (Å²) in [6.07, 6.45) is 1.97. The van der Waals surface area contributed by atoms with Crippen LogP contribution in [0, 0.1) is 0 Å². The van der Waals surface area contributed by atoms with Crippen LogP contribution in [0.5, 0.6) is 5.75 Å². The number of pyridine rings is 1. The Bertz CT molecular complexity index is 959. The van der Waals surface area contributed by atoms with E-state index in [0.717, 1.165) is 20.9 Å². The van der Waals surface area contributed by atoms with E-state index >= 15 is 0 Å². The standard InChI is InChI=1S/C21H20BrN3OS2/c1-13(2)26-15-8-6-14(7-9-15)25-20(17-10-11-18(22)28-17)19(24-21(25)27)16-5-3-4-12-23-16/h3-13,19-20H,1-2H3,(H,24,27)/t19-,20+/m1/s1. The second-order valence-corrected chi connectivity index (χ2v) is 9.68. The molecule has 1 aliphatic heterocycles. The first-order valence-corrected chi connectivity index (χ1v) is 11.1. The first kappa shape index (κ1) is 19.4. The van der Waals surface area contributed by atoms with Crippen molar-refractivity contribution in [1.29, 1.82) is 0 Å². The van der Waals surface area contributed by atoms with Crippen molar-refractivity contribution in [3.63, 3.8) is 0 Å². The largest absolute Gasteiger partial charge is 0.491 e. The van der Waals surface area contributed by atoms with Crippen LogP contribution in [0.25, 0.3) is 0 Å². The van der Waals surface area contributed by atoms with Crippen LogP contribution in [0.1, 0.15) is 36.5 Å². The highest BCUT2D eigenvalue weighted by molar-refractivity contribution is 9.11. The molecule has 4 nitrogen and oxygen atoms in total. The Morgan fingerprint density at radius 2 is 1.93 bits per heavy atom. The van der Waals surface area contributed by atoms with Crippen molar-refractivity contribution in [2.24, 2.45) is 0 Å². The first-order chi connectivity index (χ1) is 13.5. The van der Waals surface area contributed by atoms with Crippen molar-refractivity contribution < 1.29 is 4.74 Å². The summed E-state index contributed by atoms with van der Waals surface area (Å²) in [5, 5.41) is 4.18. The lowest BCUT2D eigenvalue weighted by Crippen LogP contribution is -2.29. The molecule has 0 amide bonds. The normalized spacial score (nSPS) is 19.1. The summed E-state index contributed by atoms with van der Waals surface area (Å²) < 4.78 is 6.88. The molecular formula is C21H20BrN3OS2. The second-order valence-electron chi connectivity index (χ2n) is 6.80. The Balaban J connectivity index is 1.73. The molecule has 1 aliphatic rings. The third-order valence-corrected chi connectivity index (χ3v) is 6.48. The fraction of sp³-hybridized carbons (Fsp3) is 0.238. The summed E-state index contributed by atoms with van der Waals surface area (Å²) in [6, 6.07) is 18.3. The zero-order valence-electron chi connectivity index (χ0n) is 15.5. The molecule has 0 unspecified atom stereocenters. The molecule has 1 fully saturated rings. The molecule has 2 aromatic heterocycles. The number of thiophene rings is 1. The maximum Gasteiger partial charge on any atom is 0.174 e. The van der Waals surface area contributed by atoms with Gasteiger partial charge in [-0.3, -0.25) is 4.98 Å². The molecule has 1 N–H and O–H groups in total. The molecular weight excluding hydrogens is 454 g/mol. The monoisotopic (exact) mass is 473 g/mol. The van der Waals surface area contributed by atoms with Crippen molar-refractivity contribution in [1.82, 2.24) is 10.3 Å². The molecule has 4 rings (SSSR count). The molecule has 0 saturated carbocycles. The lowest BCUT2D eigenvalue weighted by Gasteiger charge is -2.27. The minimum absolute atomic E-state index is 0.0224. The van der Waals surface area contributed by atoms with Gasteiger partial charge in [-0.05, 0) is 90.5 Å². The van der Waals surface area contributed by atoms with Gasteiger partial charge in [0.1, 0.15) is 5.75 Å². The predicted octanol–water partition coefficient (Wildman–Crippen LogP) is 5.87. The number of benzene rings is 1. The molecule has 3 aromatic rings. The topological polar surface area (TPSA) is 37.4 Å². The number of aromatic nitrogens is 1. The number of ether oxygens (including phenoxy) is 1. The molecule has 0 bridgehead atoms. The molecule has 1 saturated heterocycles. The molecule has 28 heavy (non-hydrogen) atoms. The van der Waals surface area contributed by atoms with Gasteiger partial charge in [-0.25, -0.2) is 0 Å². The van der Waals surface area contributed by atoms with Gasteiger partial charge in [0.05, 0.1) is 27.7 Å². The molecule has 2 atom stereocenters. The van der Waals surface area contributed by atoms with Gasteiger partial charge in [-0.15, -0.1) is 11.3 Å². The summed E-state index contributed by atoms with van der Waals surface area (Å²) in [4.78, 5) is 7.97. The smallest absolute Gasteiger partial charge is 0.174 e. The van der Waals surface area contributed by atoms with Crippen molar-refractivity contribution in [2.45, 2.75) is 32.0 Å². The van der Waals surface area contributed by atoms with E-state index in [0.29, 0.717) is 5.11 Å². The SMILES string of the molecule is CC(C)Oc1ccc(N2C(=S)N[C@H](c3ccccn3)[C@@H]2c2ccc(Br)s2)cc1. The Morgan fingerprint density at radius 1 is 1.14 bits per heavy atom. The van der Waals surface area contributed by atoms with Crippen molar-refractivity contribution >= 4 is 50.3 Å². The fourth-order valence-electron chi connectivity index (χ4n) is 3.37. The van der Waals surface area contributed by atoms with Crippen LogP contribution in [0.2, 0.25) is 0 Å². The number of hydrogen-bond acceptors (Lipinski definition) is 4. The number of nitrogens with zero attached hydrogens (tertiary/aromatic N) is 2.